The first-order valence-corrected chi connectivity index (χ1v) is 8.36. The Kier molecular flexibility index (Phi) is 4.07. The van der Waals surface area contributed by atoms with E-state index in [1.807, 2.05) is 6.07 Å². The Hall–Kier alpha value is -0.580. The van der Waals surface area contributed by atoms with Crippen molar-refractivity contribution in [3.05, 3.63) is 28.2 Å². The number of likely N-dealkylation sites (tertiary alicyclic amines) is 1. The SMILES string of the molecule is CCC(c1cc(Br)ccc1O)N1CC2CNCC2C1C. The monoisotopic (exact) mass is 338 g/mol. The van der Waals surface area contributed by atoms with Gasteiger partial charge in [-0.05, 0) is 56.5 Å². The van der Waals surface area contributed by atoms with E-state index < -0.39 is 0 Å². The molecule has 0 aromatic heterocycles. The van der Waals surface area contributed by atoms with Crippen LogP contribution in [0.5, 0.6) is 5.75 Å². The smallest absolute Gasteiger partial charge is 0.120 e. The molecule has 2 heterocycles. The summed E-state index contributed by atoms with van der Waals surface area (Å²) in [7, 11) is 0. The van der Waals surface area contributed by atoms with Crippen molar-refractivity contribution < 1.29 is 5.11 Å². The molecule has 0 saturated carbocycles. The quantitative estimate of drug-likeness (QED) is 0.888. The van der Waals surface area contributed by atoms with Gasteiger partial charge in [0.25, 0.3) is 0 Å². The van der Waals surface area contributed by atoms with Crippen molar-refractivity contribution >= 4 is 15.9 Å². The summed E-state index contributed by atoms with van der Waals surface area (Å²) in [6.45, 7) is 7.98. The molecule has 0 aliphatic carbocycles. The summed E-state index contributed by atoms with van der Waals surface area (Å²) in [5.74, 6) is 1.95. The van der Waals surface area contributed by atoms with Crippen molar-refractivity contribution in [1.29, 1.82) is 0 Å². The molecule has 0 radical (unpaired) electrons. The Morgan fingerprint density at radius 3 is 2.95 bits per heavy atom. The average molecular weight is 339 g/mol. The zero-order chi connectivity index (χ0) is 14.3. The zero-order valence-electron chi connectivity index (χ0n) is 12.1. The second-order valence-corrected chi connectivity index (χ2v) is 7.06. The molecule has 0 amide bonds. The molecule has 0 spiro atoms. The van der Waals surface area contributed by atoms with Crippen LogP contribution in [0.2, 0.25) is 0 Å². The number of fused-ring (bicyclic) bond motifs is 1. The summed E-state index contributed by atoms with van der Waals surface area (Å²) in [5.41, 5.74) is 1.06. The summed E-state index contributed by atoms with van der Waals surface area (Å²) in [5, 5.41) is 13.7. The third-order valence-corrected chi connectivity index (χ3v) is 5.61. The lowest BCUT2D eigenvalue weighted by Gasteiger charge is -2.33. The topological polar surface area (TPSA) is 35.5 Å². The fraction of sp³-hybridized carbons (Fsp3) is 0.625. The highest BCUT2D eigenvalue weighted by atomic mass is 79.9. The van der Waals surface area contributed by atoms with E-state index in [0.29, 0.717) is 17.8 Å². The van der Waals surface area contributed by atoms with Crippen LogP contribution in [0.1, 0.15) is 31.9 Å². The van der Waals surface area contributed by atoms with Crippen LogP contribution in [-0.4, -0.2) is 35.7 Å². The van der Waals surface area contributed by atoms with Gasteiger partial charge in [0.1, 0.15) is 5.75 Å². The van der Waals surface area contributed by atoms with E-state index in [-0.39, 0.29) is 0 Å². The molecule has 1 aromatic carbocycles. The van der Waals surface area contributed by atoms with Gasteiger partial charge in [0.2, 0.25) is 0 Å². The van der Waals surface area contributed by atoms with Gasteiger partial charge in [-0.3, -0.25) is 4.90 Å². The summed E-state index contributed by atoms with van der Waals surface area (Å²) in [4.78, 5) is 2.59. The van der Waals surface area contributed by atoms with Crippen molar-refractivity contribution in [2.24, 2.45) is 11.8 Å². The molecule has 2 aliphatic rings. The van der Waals surface area contributed by atoms with Gasteiger partial charge in [0.15, 0.2) is 0 Å². The molecule has 4 atom stereocenters. The van der Waals surface area contributed by atoms with E-state index in [4.69, 9.17) is 0 Å². The Labute approximate surface area is 129 Å². The first-order chi connectivity index (χ1) is 9.61. The van der Waals surface area contributed by atoms with Crippen LogP contribution in [-0.2, 0) is 0 Å². The molecular weight excluding hydrogens is 316 g/mol. The van der Waals surface area contributed by atoms with Crippen LogP contribution in [0.3, 0.4) is 0 Å². The number of hydrogen-bond acceptors (Lipinski definition) is 3. The van der Waals surface area contributed by atoms with Crippen LogP contribution in [0.25, 0.3) is 0 Å². The van der Waals surface area contributed by atoms with Gasteiger partial charge >= 0.3 is 0 Å². The Balaban J connectivity index is 1.88. The van der Waals surface area contributed by atoms with Gasteiger partial charge in [-0.1, -0.05) is 22.9 Å². The molecule has 2 N–H and O–H groups in total. The lowest BCUT2D eigenvalue weighted by Crippen LogP contribution is -2.36. The lowest BCUT2D eigenvalue weighted by molar-refractivity contribution is 0.163. The maximum absolute atomic E-state index is 10.2. The molecule has 4 unspecified atom stereocenters. The highest BCUT2D eigenvalue weighted by molar-refractivity contribution is 9.10. The van der Waals surface area contributed by atoms with Crippen molar-refractivity contribution in [3.63, 3.8) is 0 Å². The van der Waals surface area contributed by atoms with Crippen LogP contribution < -0.4 is 5.32 Å². The van der Waals surface area contributed by atoms with Gasteiger partial charge in [-0.2, -0.15) is 0 Å². The minimum absolute atomic E-state index is 0.313. The van der Waals surface area contributed by atoms with Crippen LogP contribution in [0.15, 0.2) is 22.7 Å². The number of rotatable bonds is 3. The molecule has 2 fully saturated rings. The Morgan fingerprint density at radius 1 is 1.45 bits per heavy atom. The van der Waals surface area contributed by atoms with E-state index in [0.717, 1.165) is 47.9 Å². The second kappa shape index (κ2) is 5.66. The number of halogens is 1. The number of benzene rings is 1. The van der Waals surface area contributed by atoms with Crippen LogP contribution in [0, 0.1) is 11.8 Å². The van der Waals surface area contributed by atoms with Gasteiger partial charge in [-0.15, -0.1) is 0 Å². The molecule has 0 bridgehead atoms. The predicted octanol–water partition coefficient (Wildman–Crippen LogP) is 3.15. The Bertz CT molecular complexity index is 493. The zero-order valence-corrected chi connectivity index (χ0v) is 13.7. The summed E-state index contributed by atoms with van der Waals surface area (Å²) < 4.78 is 1.04. The van der Waals surface area contributed by atoms with E-state index in [2.05, 4.69) is 46.1 Å². The molecule has 4 heteroatoms. The van der Waals surface area contributed by atoms with E-state index in [9.17, 15) is 5.11 Å². The van der Waals surface area contributed by atoms with Crippen LogP contribution in [0.4, 0.5) is 0 Å². The lowest BCUT2D eigenvalue weighted by atomic mass is 9.95. The number of nitrogens with zero attached hydrogens (tertiary/aromatic N) is 1. The van der Waals surface area contributed by atoms with Gasteiger partial charge in [0.05, 0.1) is 0 Å². The largest absolute Gasteiger partial charge is 0.508 e. The summed E-state index contributed by atoms with van der Waals surface area (Å²) in [6.07, 6.45) is 1.03. The molecule has 1 aromatic rings. The van der Waals surface area contributed by atoms with Crippen molar-refractivity contribution in [3.8, 4) is 5.75 Å². The molecule has 3 rings (SSSR count). The maximum atomic E-state index is 10.2. The number of aromatic hydroxyl groups is 1. The highest BCUT2D eigenvalue weighted by Crippen LogP contribution is 2.41. The fourth-order valence-corrected chi connectivity index (χ4v) is 4.42. The first-order valence-electron chi connectivity index (χ1n) is 7.56. The second-order valence-electron chi connectivity index (χ2n) is 6.15. The predicted molar refractivity (Wildman–Crippen MR) is 84.9 cm³/mol. The highest BCUT2D eigenvalue weighted by Gasteiger charge is 2.44. The third-order valence-electron chi connectivity index (χ3n) is 5.12. The van der Waals surface area contributed by atoms with Gasteiger partial charge in [-0.25, -0.2) is 0 Å². The molecule has 110 valence electrons. The molecule has 20 heavy (non-hydrogen) atoms. The van der Waals surface area contributed by atoms with Gasteiger partial charge < -0.3 is 10.4 Å². The number of phenolic OH excluding ortho intramolecular Hbond substituents is 1. The van der Waals surface area contributed by atoms with Crippen molar-refractivity contribution in [1.82, 2.24) is 10.2 Å². The standard InChI is InChI=1S/C16H23BrN2O/c1-3-15(13-6-12(17)4-5-16(13)20)19-9-11-7-18-8-14(11)10(19)2/h4-6,10-11,14-15,18,20H,3,7-9H2,1-2H3. The molecule has 3 nitrogen and oxygen atoms in total. The van der Waals surface area contributed by atoms with Crippen molar-refractivity contribution in [2.45, 2.75) is 32.4 Å². The van der Waals surface area contributed by atoms with Crippen molar-refractivity contribution in [2.75, 3.05) is 19.6 Å². The van der Waals surface area contributed by atoms with E-state index in [1.165, 1.54) is 0 Å². The van der Waals surface area contributed by atoms with E-state index in [1.54, 1.807) is 6.07 Å². The van der Waals surface area contributed by atoms with Crippen LogP contribution >= 0.6 is 15.9 Å². The van der Waals surface area contributed by atoms with E-state index >= 15 is 0 Å². The summed E-state index contributed by atoms with van der Waals surface area (Å²) in [6, 6.07) is 6.66. The van der Waals surface area contributed by atoms with Gasteiger partial charge in [0, 0.05) is 28.7 Å². The molecule has 2 saturated heterocycles. The molecule has 2 aliphatic heterocycles. The third kappa shape index (κ3) is 2.38. The summed E-state index contributed by atoms with van der Waals surface area (Å²) >= 11 is 3.53. The Morgan fingerprint density at radius 2 is 2.25 bits per heavy atom. The first kappa shape index (κ1) is 14.4. The minimum Gasteiger partial charge on any atom is -0.508 e. The number of nitrogens with one attached hydrogen (secondary N) is 1. The molecular formula is C16H23BrN2O. The average Bonchev–Trinajstić information content (AvgIpc) is 2.99. The number of phenols is 1. The minimum atomic E-state index is 0.313. The normalized spacial score (nSPS) is 31.4. The number of hydrogen-bond donors (Lipinski definition) is 2. The fourth-order valence-electron chi connectivity index (χ4n) is 4.04. The maximum Gasteiger partial charge on any atom is 0.120 e.